The molecule has 5 heteroatoms. The molecule has 2 heterocycles. The van der Waals surface area contributed by atoms with Crippen LogP contribution in [0.3, 0.4) is 0 Å². The zero-order valence-electron chi connectivity index (χ0n) is 16.8. The minimum atomic E-state index is 0.0910. The van der Waals surface area contributed by atoms with E-state index in [1.807, 2.05) is 67.6 Å². The van der Waals surface area contributed by atoms with Gasteiger partial charge in [-0.3, -0.25) is 9.69 Å². The number of hydrogen-bond donors (Lipinski definition) is 1. The fourth-order valence-corrected chi connectivity index (χ4v) is 3.77. The van der Waals surface area contributed by atoms with E-state index in [2.05, 4.69) is 10.2 Å². The third kappa shape index (κ3) is 4.93. The van der Waals surface area contributed by atoms with E-state index in [1.165, 1.54) is 0 Å². The minimum absolute atomic E-state index is 0.0910. The average Bonchev–Trinajstić information content (AvgIpc) is 3.14. The third-order valence-electron chi connectivity index (χ3n) is 5.55. The Morgan fingerprint density at radius 1 is 1.07 bits per heavy atom. The molecule has 150 valence electrons. The van der Waals surface area contributed by atoms with Crippen LogP contribution in [0.1, 0.15) is 29.9 Å². The van der Waals surface area contributed by atoms with Crippen molar-refractivity contribution < 1.29 is 9.21 Å². The summed E-state index contributed by atoms with van der Waals surface area (Å²) < 4.78 is 5.87. The van der Waals surface area contributed by atoms with Crippen molar-refractivity contribution >= 4 is 5.91 Å². The van der Waals surface area contributed by atoms with Crippen LogP contribution in [0.2, 0.25) is 0 Å². The van der Waals surface area contributed by atoms with Gasteiger partial charge in [-0.1, -0.05) is 48.5 Å². The molecule has 4 rings (SSSR count). The molecule has 0 aliphatic carbocycles. The van der Waals surface area contributed by atoms with Crippen molar-refractivity contribution in [1.82, 2.24) is 15.2 Å². The Bertz CT molecular complexity index is 929. The smallest absolute Gasteiger partial charge is 0.226 e. The highest BCUT2D eigenvalue weighted by atomic mass is 16.4. The fourth-order valence-electron chi connectivity index (χ4n) is 3.77. The van der Waals surface area contributed by atoms with Crippen LogP contribution in [0.4, 0.5) is 0 Å². The Morgan fingerprint density at radius 2 is 1.72 bits per heavy atom. The monoisotopic (exact) mass is 389 g/mol. The van der Waals surface area contributed by atoms with E-state index < -0.39 is 0 Å². The quantitative estimate of drug-likeness (QED) is 0.687. The highest BCUT2D eigenvalue weighted by Gasteiger charge is 2.26. The summed E-state index contributed by atoms with van der Waals surface area (Å²) in [6.45, 7) is 5.13. The summed E-state index contributed by atoms with van der Waals surface area (Å²) in [5, 5.41) is 3.08. The maximum absolute atomic E-state index is 12.5. The molecule has 1 fully saturated rings. The number of amides is 1. The Balaban J connectivity index is 1.28. The van der Waals surface area contributed by atoms with Gasteiger partial charge >= 0.3 is 0 Å². The molecule has 5 nitrogen and oxygen atoms in total. The predicted octanol–water partition coefficient (Wildman–Crippen LogP) is 4.18. The molecular weight excluding hydrogens is 362 g/mol. The number of nitrogens with zero attached hydrogens (tertiary/aromatic N) is 2. The molecule has 1 aliphatic rings. The normalized spacial score (nSPS) is 15.3. The van der Waals surface area contributed by atoms with Gasteiger partial charge in [0.25, 0.3) is 0 Å². The molecule has 3 aromatic rings. The zero-order chi connectivity index (χ0) is 20.1. The van der Waals surface area contributed by atoms with E-state index >= 15 is 0 Å². The van der Waals surface area contributed by atoms with E-state index in [9.17, 15) is 4.79 Å². The summed E-state index contributed by atoms with van der Waals surface area (Å²) in [5.74, 6) is 1.80. The van der Waals surface area contributed by atoms with Gasteiger partial charge < -0.3 is 9.73 Å². The van der Waals surface area contributed by atoms with Crippen LogP contribution in [0.25, 0.3) is 11.5 Å². The summed E-state index contributed by atoms with van der Waals surface area (Å²) in [6, 6.07) is 20.0. The second kappa shape index (κ2) is 9.05. The number of rotatable bonds is 6. The topological polar surface area (TPSA) is 58.4 Å². The predicted molar refractivity (Wildman–Crippen MR) is 113 cm³/mol. The second-order valence-electron chi connectivity index (χ2n) is 7.64. The molecule has 29 heavy (non-hydrogen) atoms. The molecule has 0 unspecified atom stereocenters. The van der Waals surface area contributed by atoms with Crippen LogP contribution in [0, 0.1) is 12.8 Å². The summed E-state index contributed by atoms with van der Waals surface area (Å²) >= 11 is 0. The van der Waals surface area contributed by atoms with Crippen LogP contribution in [-0.2, 0) is 17.9 Å². The van der Waals surface area contributed by atoms with Crippen LogP contribution < -0.4 is 5.32 Å². The molecule has 0 bridgehead atoms. The fraction of sp³-hybridized carbons (Fsp3) is 0.333. The van der Waals surface area contributed by atoms with E-state index in [1.54, 1.807) is 0 Å². The number of likely N-dealkylation sites (tertiary alicyclic amines) is 1. The number of benzene rings is 2. The van der Waals surface area contributed by atoms with E-state index in [-0.39, 0.29) is 11.8 Å². The molecule has 1 aliphatic heterocycles. The van der Waals surface area contributed by atoms with Crippen molar-refractivity contribution in [2.45, 2.75) is 32.9 Å². The van der Waals surface area contributed by atoms with E-state index in [0.717, 1.165) is 55.1 Å². The Hall–Kier alpha value is -2.92. The maximum Gasteiger partial charge on any atom is 0.226 e. The lowest BCUT2D eigenvalue weighted by Crippen LogP contribution is -2.40. The minimum Gasteiger partial charge on any atom is -0.441 e. The molecule has 2 aromatic carbocycles. The number of aromatic nitrogens is 1. The van der Waals surface area contributed by atoms with Gasteiger partial charge in [-0.15, -0.1) is 0 Å². The first kappa shape index (κ1) is 19.4. The van der Waals surface area contributed by atoms with Gasteiger partial charge in [-0.2, -0.15) is 0 Å². The van der Waals surface area contributed by atoms with Crippen LogP contribution >= 0.6 is 0 Å². The number of aryl methyl sites for hydroxylation is 1. The number of oxazole rings is 1. The molecule has 1 N–H and O–H groups in total. The lowest BCUT2D eigenvalue weighted by Gasteiger charge is -2.30. The Morgan fingerprint density at radius 3 is 2.41 bits per heavy atom. The first-order chi connectivity index (χ1) is 14.2. The highest BCUT2D eigenvalue weighted by molar-refractivity contribution is 5.78. The zero-order valence-corrected chi connectivity index (χ0v) is 16.8. The highest BCUT2D eigenvalue weighted by Crippen LogP contribution is 2.24. The van der Waals surface area contributed by atoms with Gasteiger partial charge in [0.15, 0.2) is 0 Å². The van der Waals surface area contributed by atoms with Gasteiger partial charge in [0.2, 0.25) is 11.8 Å². The largest absolute Gasteiger partial charge is 0.441 e. The van der Waals surface area contributed by atoms with Gasteiger partial charge in [0.05, 0.1) is 5.69 Å². The van der Waals surface area contributed by atoms with Crippen LogP contribution in [0.15, 0.2) is 65.1 Å². The van der Waals surface area contributed by atoms with Crippen LogP contribution in [-0.4, -0.2) is 28.9 Å². The van der Waals surface area contributed by atoms with E-state index in [0.29, 0.717) is 12.4 Å². The van der Waals surface area contributed by atoms with Gasteiger partial charge in [-0.25, -0.2) is 4.98 Å². The second-order valence-corrected chi connectivity index (χ2v) is 7.64. The third-order valence-corrected chi connectivity index (χ3v) is 5.55. The first-order valence-corrected chi connectivity index (χ1v) is 10.2. The van der Waals surface area contributed by atoms with Crippen molar-refractivity contribution in [3.63, 3.8) is 0 Å². The molecule has 0 atom stereocenters. The van der Waals surface area contributed by atoms with Crippen LogP contribution in [0.5, 0.6) is 0 Å². The van der Waals surface area contributed by atoms with Gasteiger partial charge in [0.1, 0.15) is 5.76 Å². The van der Waals surface area contributed by atoms with Crippen molar-refractivity contribution in [2.24, 2.45) is 5.92 Å². The molecule has 1 saturated heterocycles. The van der Waals surface area contributed by atoms with Crippen molar-refractivity contribution in [3.8, 4) is 11.5 Å². The molecule has 1 aromatic heterocycles. The Kier molecular flexibility index (Phi) is 6.06. The number of piperidine rings is 1. The maximum atomic E-state index is 12.5. The van der Waals surface area contributed by atoms with Gasteiger partial charge in [-0.05, 0) is 50.6 Å². The van der Waals surface area contributed by atoms with E-state index in [4.69, 9.17) is 9.40 Å². The molecule has 1 amide bonds. The lowest BCUT2D eigenvalue weighted by molar-refractivity contribution is -0.126. The number of carbonyl (C=O) groups is 1. The van der Waals surface area contributed by atoms with Gasteiger partial charge in [0, 0.05) is 24.6 Å². The first-order valence-electron chi connectivity index (χ1n) is 10.2. The Labute approximate surface area is 171 Å². The summed E-state index contributed by atoms with van der Waals surface area (Å²) in [5.41, 5.74) is 3.11. The van der Waals surface area contributed by atoms with Crippen molar-refractivity contribution in [1.29, 1.82) is 0 Å². The number of nitrogens with one attached hydrogen (secondary N) is 1. The van der Waals surface area contributed by atoms with Crippen molar-refractivity contribution in [3.05, 3.63) is 77.7 Å². The molecule has 0 saturated carbocycles. The average molecular weight is 389 g/mol. The SMILES string of the molecule is Cc1oc(-c2ccccc2)nc1CN1CCC(C(=O)NCc2ccccc2)CC1. The van der Waals surface area contributed by atoms with Crippen molar-refractivity contribution in [2.75, 3.05) is 13.1 Å². The summed E-state index contributed by atoms with van der Waals surface area (Å²) in [4.78, 5) is 19.6. The molecule has 0 spiro atoms. The lowest BCUT2D eigenvalue weighted by atomic mass is 9.95. The molecular formula is C24H27N3O2. The number of hydrogen-bond acceptors (Lipinski definition) is 4. The summed E-state index contributed by atoms with van der Waals surface area (Å²) in [7, 11) is 0. The summed E-state index contributed by atoms with van der Waals surface area (Å²) in [6.07, 6.45) is 1.76. The molecule has 0 radical (unpaired) electrons. The standard InChI is InChI=1S/C24H27N3O2/c1-18-22(26-24(29-18)21-10-6-3-7-11-21)17-27-14-12-20(13-15-27)23(28)25-16-19-8-4-2-5-9-19/h2-11,20H,12-17H2,1H3,(H,25,28). The number of carbonyl (C=O) groups excluding carboxylic acids is 1.